The van der Waals surface area contributed by atoms with Gasteiger partial charge in [-0.05, 0) is 30.5 Å². The van der Waals surface area contributed by atoms with Crippen LogP contribution in [0.2, 0.25) is 0 Å². The largest absolute Gasteiger partial charge is 0.419 e. The van der Waals surface area contributed by atoms with E-state index in [1.54, 1.807) is 6.21 Å². The molecule has 1 spiro atoms. The number of aliphatic imine (C=N–C) groups is 1. The Labute approximate surface area is 198 Å². The lowest BCUT2D eigenvalue weighted by Crippen LogP contribution is -2.53. The van der Waals surface area contributed by atoms with Crippen molar-refractivity contribution in [2.75, 3.05) is 18.5 Å². The Kier molecular flexibility index (Phi) is 6.58. The van der Waals surface area contributed by atoms with E-state index in [1.807, 2.05) is 6.07 Å². The molecule has 1 aromatic carbocycles. The normalized spacial score (nSPS) is 17.6. The van der Waals surface area contributed by atoms with Crippen molar-refractivity contribution in [2.24, 2.45) is 16.1 Å². The molecule has 3 N–H and O–H groups in total. The van der Waals surface area contributed by atoms with Crippen molar-refractivity contribution < 1.29 is 27.1 Å². The van der Waals surface area contributed by atoms with Crippen LogP contribution in [0.3, 0.4) is 0 Å². The lowest BCUT2D eigenvalue weighted by atomic mass is 9.64. The van der Waals surface area contributed by atoms with Gasteiger partial charge in [0.2, 0.25) is 5.91 Å². The first-order valence-corrected chi connectivity index (χ1v) is 10.7. The van der Waals surface area contributed by atoms with Crippen molar-refractivity contribution in [3.63, 3.8) is 0 Å². The van der Waals surface area contributed by atoms with E-state index < -0.39 is 35.4 Å². The molecule has 2 fully saturated rings. The summed E-state index contributed by atoms with van der Waals surface area (Å²) in [7, 11) is 0. The van der Waals surface area contributed by atoms with E-state index in [-0.39, 0.29) is 28.4 Å². The Hall–Kier alpha value is -3.78. The molecule has 2 aliphatic rings. The Balaban J connectivity index is 1.43. The fraction of sp³-hybridized carbons (Fsp3) is 0.333. The zero-order valence-electron chi connectivity index (χ0n) is 18.4. The summed E-state index contributed by atoms with van der Waals surface area (Å²) in [6.45, 7) is 1.51. The van der Waals surface area contributed by atoms with Gasteiger partial charge in [-0.1, -0.05) is 12.1 Å². The summed E-state index contributed by atoms with van der Waals surface area (Å²) in [6, 6.07) is 6.22. The molecule has 182 valence electrons. The van der Waals surface area contributed by atoms with Crippen LogP contribution in [0.25, 0.3) is 5.57 Å². The second-order valence-corrected chi connectivity index (χ2v) is 8.69. The predicted octanol–water partition coefficient (Wildman–Crippen LogP) is 3.84. The standard InChI is InChI=1S/C24H21F4N5O2/c25-21-14(2-1-3-19(21)24(26,27)28)5-20(34)33-17-4-15(8-29)22(32-11-17)16(9-30)10-31-18-6-23(7-18)12-35-13-23/h1-4,9-11,18H,5-7,12-13,30H2,(H,33,34)/b16-9+,31-10?. The predicted molar refractivity (Wildman–Crippen MR) is 120 cm³/mol. The minimum absolute atomic E-state index is 0.105. The number of halogens is 4. The van der Waals surface area contributed by atoms with E-state index in [9.17, 15) is 27.6 Å². The second-order valence-electron chi connectivity index (χ2n) is 8.69. The number of pyridine rings is 1. The molecule has 1 saturated carbocycles. The minimum atomic E-state index is -4.87. The van der Waals surface area contributed by atoms with Crippen molar-refractivity contribution in [2.45, 2.75) is 31.5 Å². The minimum Gasteiger partial charge on any atom is -0.404 e. The molecule has 1 aliphatic carbocycles. The number of nitrogens with one attached hydrogen (secondary N) is 1. The number of nitrogens with two attached hydrogens (primary N) is 1. The average Bonchev–Trinajstić information content (AvgIpc) is 2.75. The quantitative estimate of drug-likeness (QED) is 0.475. The number of carbonyl (C=O) groups excluding carboxylic acids is 1. The SMILES string of the molecule is N#Cc1cc(NC(=O)Cc2cccc(C(F)(F)F)c2F)cnc1/C(C=NC1CC2(COC2)C1)=C/N. The van der Waals surface area contributed by atoms with Gasteiger partial charge in [-0.3, -0.25) is 14.8 Å². The number of nitriles is 1. The molecule has 35 heavy (non-hydrogen) atoms. The Bertz CT molecular complexity index is 1240. The van der Waals surface area contributed by atoms with E-state index >= 15 is 0 Å². The highest BCUT2D eigenvalue weighted by atomic mass is 19.4. The number of hydrogen-bond acceptors (Lipinski definition) is 6. The lowest BCUT2D eigenvalue weighted by Gasteiger charge is -2.51. The molecule has 11 heteroatoms. The molecule has 7 nitrogen and oxygen atoms in total. The van der Waals surface area contributed by atoms with E-state index in [0.717, 1.165) is 38.2 Å². The van der Waals surface area contributed by atoms with Crippen LogP contribution in [0.1, 0.15) is 35.2 Å². The van der Waals surface area contributed by atoms with Crippen molar-refractivity contribution in [1.29, 1.82) is 5.26 Å². The van der Waals surface area contributed by atoms with Gasteiger partial charge in [0, 0.05) is 23.4 Å². The first-order valence-electron chi connectivity index (χ1n) is 10.7. The maximum absolute atomic E-state index is 14.2. The number of benzene rings is 1. The first-order chi connectivity index (χ1) is 16.6. The van der Waals surface area contributed by atoms with Crippen molar-refractivity contribution in [3.05, 3.63) is 64.9 Å². The van der Waals surface area contributed by atoms with Crippen LogP contribution in [-0.2, 0) is 22.1 Å². The van der Waals surface area contributed by atoms with Crippen LogP contribution in [0, 0.1) is 22.6 Å². The molecule has 2 heterocycles. The van der Waals surface area contributed by atoms with Crippen LogP contribution in [-0.4, -0.2) is 36.4 Å². The maximum atomic E-state index is 14.2. The van der Waals surface area contributed by atoms with Gasteiger partial charge in [0.05, 0.1) is 54.4 Å². The zero-order chi connectivity index (χ0) is 25.2. The zero-order valence-corrected chi connectivity index (χ0v) is 18.4. The summed E-state index contributed by atoms with van der Waals surface area (Å²) >= 11 is 0. The topological polar surface area (TPSA) is 113 Å². The fourth-order valence-electron chi connectivity index (χ4n) is 4.20. The Morgan fingerprint density at radius 1 is 1.37 bits per heavy atom. The number of carbonyl (C=O) groups is 1. The molecule has 0 unspecified atom stereocenters. The number of hydrogen-bond donors (Lipinski definition) is 2. The summed E-state index contributed by atoms with van der Waals surface area (Å²) in [4.78, 5) is 21.1. The van der Waals surface area contributed by atoms with Crippen LogP contribution in [0.4, 0.5) is 23.2 Å². The molecule has 1 amide bonds. The van der Waals surface area contributed by atoms with Crippen LogP contribution < -0.4 is 11.1 Å². The first kappa shape index (κ1) is 24.3. The van der Waals surface area contributed by atoms with Gasteiger partial charge in [0.1, 0.15) is 11.9 Å². The number of aromatic nitrogens is 1. The molecular formula is C24H21F4N5O2. The smallest absolute Gasteiger partial charge is 0.404 e. The number of amides is 1. The van der Waals surface area contributed by atoms with Gasteiger partial charge >= 0.3 is 6.18 Å². The van der Waals surface area contributed by atoms with Crippen molar-refractivity contribution >= 4 is 23.4 Å². The van der Waals surface area contributed by atoms with Crippen LogP contribution in [0.15, 0.2) is 41.7 Å². The number of rotatable bonds is 6. The van der Waals surface area contributed by atoms with E-state index in [4.69, 9.17) is 10.5 Å². The highest BCUT2D eigenvalue weighted by molar-refractivity contribution is 6.10. The van der Waals surface area contributed by atoms with Crippen molar-refractivity contribution in [1.82, 2.24) is 4.98 Å². The number of nitrogens with zero attached hydrogens (tertiary/aromatic N) is 3. The van der Waals surface area contributed by atoms with E-state index in [1.165, 1.54) is 18.5 Å². The van der Waals surface area contributed by atoms with Gasteiger partial charge in [-0.25, -0.2) is 4.39 Å². The third-order valence-corrected chi connectivity index (χ3v) is 6.06. The Morgan fingerprint density at radius 2 is 2.11 bits per heavy atom. The summed E-state index contributed by atoms with van der Waals surface area (Å²) in [5, 5.41) is 12.0. The number of ether oxygens (including phenoxy) is 1. The number of alkyl halides is 3. The molecule has 1 aromatic heterocycles. The van der Waals surface area contributed by atoms with E-state index in [2.05, 4.69) is 15.3 Å². The van der Waals surface area contributed by atoms with Gasteiger partial charge in [-0.2, -0.15) is 18.4 Å². The number of allylic oxidation sites excluding steroid dienone is 1. The van der Waals surface area contributed by atoms with Gasteiger partial charge in [-0.15, -0.1) is 0 Å². The molecule has 1 aliphatic heterocycles. The van der Waals surface area contributed by atoms with Crippen LogP contribution in [0.5, 0.6) is 0 Å². The third kappa shape index (κ3) is 5.17. The highest BCUT2D eigenvalue weighted by Gasteiger charge is 2.49. The summed E-state index contributed by atoms with van der Waals surface area (Å²) in [6.07, 6.45) is 0.471. The third-order valence-electron chi connectivity index (χ3n) is 6.06. The molecule has 2 aromatic rings. The summed E-state index contributed by atoms with van der Waals surface area (Å²) in [5.41, 5.74) is 5.05. The van der Waals surface area contributed by atoms with Crippen molar-refractivity contribution in [3.8, 4) is 6.07 Å². The molecule has 1 saturated heterocycles. The molecule has 0 atom stereocenters. The highest BCUT2D eigenvalue weighted by Crippen LogP contribution is 2.48. The summed E-state index contributed by atoms with van der Waals surface area (Å²) in [5.74, 6) is -2.27. The van der Waals surface area contributed by atoms with E-state index in [0.29, 0.717) is 11.6 Å². The van der Waals surface area contributed by atoms with Gasteiger partial charge in [0.25, 0.3) is 0 Å². The van der Waals surface area contributed by atoms with Gasteiger partial charge in [0.15, 0.2) is 0 Å². The maximum Gasteiger partial charge on any atom is 0.419 e. The summed E-state index contributed by atoms with van der Waals surface area (Å²) < 4.78 is 58.1. The number of anilines is 1. The molecule has 4 rings (SSSR count). The molecule has 0 bridgehead atoms. The fourth-order valence-corrected chi connectivity index (χ4v) is 4.20. The average molecular weight is 487 g/mol. The Morgan fingerprint density at radius 3 is 2.71 bits per heavy atom. The van der Waals surface area contributed by atoms with Crippen LogP contribution >= 0.6 is 0 Å². The monoisotopic (exact) mass is 487 g/mol. The second kappa shape index (κ2) is 9.46. The lowest BCUT2D eigenvalue weighted by molar-refractivity contribution is -0.162. The molecule has 0 radical (unpaired) electrons. The van der Waals surface area contributed by atoms with Gasteiger partial charge < -0.3 is 15.8 Å². The molecular weight excluding hydrogens is 466 g/mol.